The van der Waals surface area contributed by atoms with E-state index in [0.29, 0.717) is 29.0 Å². The molecule has 0 aromatic carbocycles. The van der Waals surface area contributed by atoms with E-state index < -0.39 is 18.5 Å². The van der Waals surface area contributed by atoms with E-state index in [0.717, 1.165) is 43.5 Å². The number of rotatable bonds is 10. The second-order valence-electron chi connectivity index (χ2n) is 8.68. The van der Waals surface area contributed by atoms with Gasteiger partial charge < -0.3 is 15.5 Å². The topological polar surface area (TPSA) is 74.3 Å². The molecule has 1 saturated heterocycles. The number of alkyl halides is 1. The SMILES string of the molecule is Cc1cc(Cl)nc(C)c1C(=O)NCC[C@@H](C)N1CCC(NC(C(=O)CF)c2ccsc2)CC1. The highest BCUT2D eigenvalue weighted by Gasteiger charge is 2.28. The molecule has 0 spiro atoms. The molecule has 1 amide bonds. The van der Waals surface area contributed by atoms with Crippen molar-refractivity contribution in [2.24, 2.45) is 0 Å². The molecule has 9 heteroatoms. The number of amides is 1. The number of aromatic nitrogens is 1. The van der Waals surface area contributed by atoms with Crippen LogP contribution in [0.3, 0.4) is 0 Å². The van der Waals surface area contributed by atoms with Crippen LogP contribution in [0.15, 0.2) is 22.9 Å². The van der Waals surface area contributed by atoms with Gasteiger partial charge in [-0.3, -0.25) is 9.59 Å². The number of likely N-dealkylation sites (tertiary alicyclic amines) is 1. The average molecular weight is 495 g/mol. The van der Waals surface area contributed by atoms with Gasteiger partial charge in [-0.2, -0.15) is 11.3 Å². The first-order valence-corrected chi connectivity index (χ1v) is 12.6. The molecule has 3 rings (SSSR count). The van der Waals surface area contributed by atoms with Crippen molar-refractivity contribution in [2.75, 3.05) is 26.3 Å². The number of Topliss-reactive ketones (excluding diaryl/α,β-unsaturated/α-hetero) is 1. The van der Waals surface area contributed by atoms with Crippen LogP contribution < -0.4 is 10.6 Å². The molecular formula is C24H32ClFN4O2S. The van der Waals surface area contributed by atoms with Gasteiger partial charge in [-0.1, -0.05) is 11.6 Å². The van der Waals surface area contributed by atoms with Crippen LogP contribution in [0.2, 0.25) is 5.15 Å². The molecule has 2 N–H and O–H groups in total. The Morgan fingerprint density at radius 2 is 2.06 bits per heavy atom. The van der Waals surface area contributed by atoms with Crippen molar-refractivity contribution < 1.29 is 14.0 Å². The van der Waals surface area contributed by atoms with Crippen molar-refractivity contribution in [1.82, 2.24) is 20.5 Å². The number of hydrogen-bond acceptors (Lipinski definition) is 6. The fourth-order valence-electron chi connectivity index (χ4n) is 4.43. The summed E-state index contributed by atoms with van der Waals surface area (Å²) >= 11 is 7.47. The van der Waals surface area contributed by atoms with Gasteiger partial charge >= 0.3 is 0 Å². The van der Waals surface area contributed by atoms with Crippen molar-refractivity contribution in [3.63, 3.8) is 0 Å². The fraction of sp³-hybridized carbons (Fsp3) is 0.542. The van der Waals surface area contributed by atoms with E-state index in [4.69, 9.17) is 11.6 Å². The first kappa shape index (κ1) is 25.7. The normalized spacial score (nSPS) is 17.0. The van der Waals surface area contributed by atoms with Gasteiger partial charge in [0.15, 0.2) is 5.78 Å². The van der Waals surface area contributed by atoms with Gasteiger partial charge in [0.05, 0.1) is 17.3 Å². The van der Waals surface area contributed by atoms with E-state index in [9.17, 15) is 14.0 Å². The van der Waals surface area contributed by atoms with Crippen LogP contribution in [-0.4, -0.2) is 60.0 Å². The average Bonchev–Trinajstić information content (AvgIpc) is 3.31. The summed E-state index contributed by atoms with van der Waals surface area (Å²) in [4.78, 5) is 31.3. The summed E-state index contributed by atoms with van der Waals surface area (Å²) < 4.78 is 13.1. The van der Waals surface area contributed by atoms with Crippen LogP contribution in [0.4, 0.5) is 4.39 Å². The highest BCUT2D eigenvalue weighted by atomic mass is 35.5. The molecule has 0 aliphatic carbocycles. The van der Waals surface area contributed by atoms with Crippen molar-refractivity contribution in [3.8, 4) is 0 Å². The first-order valence-electron chi connectivity index (χ1n) is 11.3. The Bertz CT molecular complexity index is 925. The van der Waals surface area contributed by atoms with Crippen molar-refractivity contribution in [1.29, 1.82) is 0 Å². The molecule has 6 nitrogen and oxygen atoms in total. The number of thiophene rings is 1. The molecular weight excluding hydrogens is 463 g/mol. The first-order chi connectivity index (χ1) is 15.8. The molecule has 33 heavy (non-hydrogen) atoms. The number of carbonyl (C=O) groups is 2. The minimum absolute atomic E-state index is 0.124. The monoisotopic (exact) mass is 494 g/mol. The largest absolute Gasteiger partial charge is 0.352 e. The number of piperidine rings is 1. The number of nitrogens with zero attached hydrogens (tertiary/aromatic N) is 2. The van der Waals surface area contributed by atoms with Gasteiger partial charge in [-0.05, 0) is 87.1 Å². The highest BCUT2D eigenvalue weighted by molar-refractivity contribution is 7.08. The molecule has 180 valence electrons. The van der Waals surface area contributed by atoms with Crippen LogP contribution in [0.25, 0.3) is 0 Å². The molecule has 2 aromatic heterocycles. The van der Waals surface area contributed by atoms with Gasteiger partial charge in [0.2, 0.25) is 0 Å². The van der Waals surface area contributed by atoms with Gasteiger partial charge in [-0.25, -0.2) is 9.37 Å². The van der Waals surface area contributed by atoms with Gasteiger partial charge in [-0.15, -0.1) is 0 Å². The summed E-state index contributed by atoms with van der Waals surface area (Å²) in [6.07, 6.45) is 2.62. The summed E-state index contributed by atoms with van der Waals surface area (Å²) in [5.41, 5.74) is 2.88. The second kappa shape index (κ2) is 12.0. The second-order valence-corrected chi connectivity index (χ2v) is 9.85. The summed E-state index contributed by atoms with van der Waals surface area (Å²) in [5.74, 6) is -0.539. The van der Waals surface area contributed by atoms with E-state index in [1.165, 1.54) is 11.3 Å². The van der Waals surface area contributed by atoms with E-state index in [2.05, 4.69) is 27.4 Å². The van der Waals surface area contributed by atoms with Crippen LogP contribution in [0, 0.1) is 13.8 Å². The lowest BCUT2D eigenvalue weighted by atomic mass is 9.99. The Kier molecular flexibility index (Phi) is 9.37. The summed E-state index contributed by atoms with van der Waals surface area (Å²) in [6, 6.07) is 3.51. The Morgan fingerprint density at radius 1 is 1.33 bits per heavy atom. The third-order valence-electron chi connectivity index (χ3n) is 6.33. The van der Waals surface area contributed by atoms with Crippen LogP contribution in [0.1, 0.15) is 59.4 Å². The third kappa shape index (κ3) is 6.82. The maximum atomic E-state index is 13.1. The van der Waals surface area contributed by atoms with E-state index in [1.807, 2.05) is 23.8 Å². The van der Waals surface area contributed by atoms with Crippen LogP contribution in [0.5, 0.6) is 0 Å². The number of halogens is 2. The quantitative estimate of drug-likeness (QED) is 0.483. The standard InChI is InChI=1S/C24H32ClFN4O2S/c1-15-12-21(25)28-17(3)22(15)24(32)27-8-4-16(2)30-9-5-19(6-10-30)29-23(20(31)13-26)18-7-11-33-14-18/h7,11-12,14,16,19,23,29H,4-6,8-10,13H2,1-3H3,(H,27,32)/t16-,23?/m1/s1. The molecule has 2 aromatic rings. The molecule has 0 bridgehead atoms. The predicted molar refractivity (Wildman–Crippen MR) is 131 cm³/mol. The van der Waals surface area contributed by atoms with Gasteiger partial charge in [0, 0.05) is 18.6 Å². The predicted octanol–water partition coefficient (Wildman–Crippen LogP) is 4.26. The van der Waals surface area contributed by atoms with E-state index in [-0.39, 0.29) is 11.9 Å². The van der Waals surface area contributed by atoms with Crippen molar-refractivity contribution in [2.45, 2.75) is 58.2 Å². The zero-order valence-electron chi connectivity index (χ0n) is 19.4. The Morgan fingerprint density at radius 3 is 2.67 bits per heavy atom. The maximum absolute atomic E-state index is 13.1. The summed E-state index contributed by atoms with van der Waals surface area (Å²) in [5, 5.41) is 10.6. The molecule has 1 unspecified atom stereocenters. The number of pyridine rings is 1. The number of ketones is 1. The molecule has 0 saturated carbocycles. The highest BCUT2D eigenvalue weighted by Crippen LogP contribution is 2.22. The van der Waals surface area contributed by atoms with E-state index in [1.54, 1.807) is 13.0 Å². The molecule has 3 heterocycles. The van der Waals surface area contributed by atoms with Gasteiger partial charge in [0.25, 0.3) is 5.91 Å². The lowest BCUT2D eigenvalue weighted by Crippen LogP contribution is -2.48. The van der Waals surface area contributed by atoms with Crippen LogP contribution >= 0.6 is 22.9 Å². The van der Waals surface area contributed by atoms with Crippen molar-refractivity contribution >= 4 is 34.6 Å². The van der Waals surface area contributed by atoms with Crippen molar-refractivity contribution in [3.05, 3.63) is 50.4 Å². The third-order valence-corrected chi connectivity index (χ3v) is 7.22. The summed E-state index contributed by atoms with van der Waals surface area (Å²) in [7, 11) is 0. The molecule has 1 aliphatic rings. The number of nitrogens with one attached hydrogen (secondary N) is 2. The minimum atomic E-state index is -0.958. The number of aryl methyl sites for hydroxylation is 2. The van der Waals surface area contributed by atoms with Crippen LogP contribution in [-0.2, 0) is 4.79 Å². The molecule has 1 aliphatic heterocycles. The smallest absolute Gasteiger partial charge is 0.253 e. The van der Waals surface area contributed by atoms with E-state index >= 15 is 0 Å². The Balaban J connectivity index is 1.44. The fourth-order valence-corrected chi connectivity index (χ4v) is 5.40. The number of hydrogen-bond donors (Lipinski definition) is 2. The lowest BCUT2D eigenvalue weighted by Gasteiger charge is -2.37. The Hall–Kier alpha value is -1.87. The zero-order chi connectivity index (χ0) is 24.0. The molecule has 1 fully saturated rings. The molecule has 0 radical (unpaired) electrons. The minimum Gasteiger partial charge on any atom is -0.352 e. The number of carbonyl (C=O) groups excluding carboxylic acids is 2. The Labute approximate surface area is 203 Å². The molecule has 2 atom stereocenters. The summed E-state index contributed by atoms with van der Waals surface area (Å²) in [6.45, 7) is 7.23. The van der Waals surface area contributed by atoms with Gasteiger partial charge in [0.1, 0.15) is 11.8 Å². The zero-order valence-corrected chi connectivity index (χ0v) is 20.9. The lowest BCUT2D eigenvalue weighted by molar-refractivity contribution is -0.122. The maximum Gasteiger partial charge on any atom is 0.253 e.